The molecule has 0 aliphatic carbocycles. The van der Waals surface area contributed by atoms with Crippen molar-refractivity contribution in [1.29, 1.82) is 0 Å². The molecule has 0 aliphatic heterocycles. The molecular formula is C10H6Cl2N4O2. The standard InChI is InChI=1S/C10H6Cl2N4O2/c11-6-1-2-8(7(12)5-6)16-9(13-14-15-16)3-4-10(17)18/h1-5H,(H,17,18)/b4-3+. The molecule has 0 radical (unpaired) electrons. The van der Waals surface area contributed by atoms with Gasteiger partial charge in [-0.2, -0.15) is 4.68 Å². The molecule has 1 aromatic heterocycles. The number of hydrogen-bond acceptors (Lipinski definition) is 4. The Labute approximate surface area is 111 Å². The van der Waals surface area contributed by atoms with Crippen molar-refractivity contribution >= 4 is 35.2 Å². The van der Waals surface area contributed by atoms with Crippen molar-refractivity contribution in [1.82, 2.24) is 20.2 Å². The zero-order chi connectivity index (χ0) is 13.1. The number of carbonyl (C=O) groups is 1. The normalized spacial score (nSPS) is 11.0. The van der Waals surface area contributed by atoms with Gasteiger partial charge in [-0.15, -0.1) is 5.10 Å². The average Bonchev–Trinajstić information content (AvgIpc) is 2.74. The van der Waals surface area contributed by atoms with Crippen molar-refractivity contribution in [3.63, 3.8) is 0 Å². The minimum Gasteiger partial charge on any atom is -0.478 e. The zero-order valence-electron chi connectivity index (χ0n) is 8.79. The largest absolute Gasteiger partial charge is 0.478 e. The van der Waals surface area contributed by atoms with Crippen LogP contribution in [-0.2, 0) is 4.79 Å². The van der Waals surface area contributed by atoms with Crippen molar-refractivity contribution in [3.8, 4) is 5.69 Å². The molecule has 0 saturated heterocycles. The third kappa shape index (κ3) is 2.66. The second-order valence-corrected chi connectivity index (χ2v) is 4.06. The van der Waals surface area contributed by atoms with Crippen molar-refractivity contribution in [2.45, 2.75) is 0 Å². The molecule has 1 heterocycles. The average molecular weight is 285 g/mol. The fourth-order valence-corrected chi connectivity index (χ4v) is 1.76. The van der Waals surface area contributed by atoms with Crippen LogP contribution >= 0.6 is 23.2 Å². The Hall–Kier alpha value is -1.92. The monoisotopic (exact) mass is 284 g/mol. The van der Waals surface area contributed by atoms with Crippen molar-refractivity contribution in [2.24, 2.45) is 0 Å². The predicted molar refractivity (Wildman–Crippen MR) is 65.8 cm³/mol. The predicted octanol–water partition coefficient (Wildman–Crippen LogP) is 2.07. The highest BCUT2D eigenvalue weighted by Gasteiger charge is 2.09. The van der Waals surface area contributed by atoms with Crippen LogP contribution in [-0.4, -0.2) is 31.3 Å². The van der Waals surface area contributed by atoms with Crippen LogP contribution in [0.3, 0.4) is 0 Å². The summed E-state index contributed by atoms with van der Waals surface area (Å²) in [6.07, 6.45) is 2.21. The molecule has 0 atom stereocenters. The summed E-state index contributed by atoms with van der Waals surface area (Å²) in [5, 5.41) is 20.3. The first kappa shape index (κ1) is 12.5. The van der Waals surface area contributed by atoms with Crippen molar-refractivity contribution in [3.05, 3.63) is 40.1 Å². The number of tetrazole rings is 1. The van der Waals surface area contributed by atoms with E-state index in [1.54, 1.807) is 18.2 Å². The molecular weight excluding hydrogens is 279 g/mol. The van der Waals surface area contributed by atoms with E-state index < -0.39 is 5.97 Å². The Morgan fingerprint density at radius 1 is 1.39 bits per heavy atom. The fourth-order valence-electron chi connectivity index (χ4n) is 1.27. The number of nitrogens with zero attached hydrogens (tertiary/aromatic N) is 4. The van der Waals surface area contributed by atoms with Crippen LogP contribution < -0.4 is 0 Å². The molecule has 0 aliphatic rings. The van der Waals surface area contributed by atoms with Gasteiger partial charge in [-0.05, 0) is 34.7 Å². The van der Waals surface area contributed by atoms with E-state index >= 15 is 0 Å². The summed E-state index contributed by atoms with van der Waals surface area (Å²) >= 11 is 11.8. The van der Waals surface area contributed by atoms with Gasteiger partial charge in [-0.3, -0.25) is 0 Å². The molecule has 0 amide bonds. The molecule has 2 rings (SSSR count). The first-order chi connectivity index (χ1) is 8.58. The Bertz CT molecular complexity index is 624. The molecule has 0 fully saturated rings. The van der Waals surface area contributed by atoms with Gasteiger partial charge in [0.15, 0.2) is 5.82 Å². The number of benzene rings is 1. The summed E-state index contributed by atoms with van der Waals surface area (Å²) in [6, 6.07) is 4.82. The topological polar surface area (TPSA) is 80.9 Å². The molecule has 8 heteroatoms. The van der Waals surface area contributed by atoms with E-state index in [0.717, 1.165) is 6.08 Å². The lowest BCUT2D eigenvalue weighted by Crippen LogP contribution is -2.01. The first-order valence-electron chi connectivity index (χ1n) is 4.73. The van der Waals surface area contributed by atoms with E-state index in [1.807, 2.05) is 0 Å². The maximum Gasteiger partial charge on any atom is 0.328 e. The van der Waals surface area contributed by atoms with Gasteiger partial charge >= 0.3 is 5.97 Å². The maximum absolute atomic E-state index is 10.4. The van der Waals surface area contributed by atoms with Crippen LogP contribution in [0.5, 0.6) is 0 Å². The molecule has 2 aromatic rings. The highest BCUT2D eigenvalue weighted by atomic mass is 35.5. The number of rotatable bonds is 3. The summed E-state index contributed by atoms with van der Waals surface area (Å²) in [5.41, 5.74) is 0.510. The summed E-state index contributed by atoms with van der Waals surface area (Å²) in [5.74, 6) is -0.839. The highest BCUT2D eigenvalue weighted by molar-refractivity contribution is 6.35. The zero-order valence-corrected chi connectivity index (χ0v) is 10.3. The van der Waals surface area contributed by atoms with Gasteiger partial charge in [0.1, 0.15) is 0 Å². The van der Waals surface area contributed by atoms with Crippen LogP contribution in [0, 0.1) is 0 Å². The number of hydrogen-bond donors (Lipinski definition) is 1. The van der Waals surface area contributed by atoms with E-state index in [9.17, 15) is 4.79 Å². The molecule has 18 heavy (non-hydrogen) atoms. The number of carboxylic acids is 1. The second-order valence-electron chi connectivity index (χ2n) is 3.22. The van der Waals surface area contributed by atoms with Gasteiger partial charge in [0.2, 0.25) is 0 Å². The highest BCUT2D eigenvalue weighted by Crippen LogP contribution is 2.24. The summed E-state index contributed by atoms with van der Waals surface area (Å²) in [4.78, 5) is 10.4. The fraction of sp³-hybridized carbons (Fsp3) is 0. The van der Waals surface area contributed by atoms with Gasteiger partial charge in [0, 0.05) is 11.1 Å². The molecule has 0 unspecified atom stereocenters. The lowest BCUT2D eigenvalue weighted by Gasteiger charge is -2.04. The minimum atomic E-state index is -1.09. The number of aromatic nitrogens is 4. The Morgan fingerprint density at radius 3 is 2.83 bits per heavy atom. The minimum absolute atomic E-state index is 0.252. The lowest BCUT2D eigenvalue weighted by atomic mass is 10.3. The Balaban J connectivity index is 2.45. The third-order valence-corrected chi connectivity index (χ3v) is 2.54. The molecule has 1 N–H and O–H groups in total. The van der Waals surface area contributed by atoms with Crippen LogP contribution in [0.1, 0.15) is 5.82 Å². The van der Waals surface area contributed by atoms with Crippen molar-refractivity contribution in [2.75, 3.05) is 0 Å². The summed E-state index contributed by atoms with van der Waals surface area (Å²) in [7, 11) is 0. The van der Waals surface area contributed by atoms with Crippen molar-refractivity contribution < 1.29 is 9.90 Å². The molecule has 6 nitrogen and oxygen atoms in total. The number of halogens is 2. The Kier molecular flexibility index (Phi) is 3.59. The lowest BCUT2D eigenvalue weighted by molar-refractivity contribution is -0.131. The van der Waals surface area contributed by atoms with E-state index in [4.69, 9.17) is 28.3 Å². The molecule has 1 aromatic carbocycles. The van der Waals surface area contributed by atoms with Gasteiger partial charge in [0.25, 0.3) is 0 Å². The number of carboxylic acid groups (broad SMARTS) is 1. The number of aliphatic carboxylic acids is 1. The third-order valence-electron chi connectivity index (χ3n) is 2.01. The quantitative estimate of drug-likeness (QED) is 0.873. The molecule has 0 bridgehead atoms. The van der Waals surface area contributed by atoms with Crippen LogP contribution in [0.15, 0.2) is 24.3 Å². The molecule has 0 spiro atoms. The summed E-state index contributed by atoms with van der Waals surface area (Å²) in [6.45, 7) is 0. The van der Waals surface area contributed by atoms with Crippen LogP contribution in [0.2, 0.25) is 10.0 Å². The van der Waals surface area contributed by atoms with Gasteiger partial charge < -0.3 is 5.11 Å². The Morgan fingerprint density at radius 2 is 2.17 bits per heavy atom. The smallest absolute Gasteiger partial charge is 0.328 e. The van der Waals surface area contributed by atoms with E-state index in [0.29, 0.717) is 15.7 Å². The second kappa shape index (κ2) is 5.16. The van der Waals surface area contributed by atoms with Crippen LogP contribution in [0.25, 0.3) is 11.8 Å². The SMILES string of the molecule is O=C(O)/C=C/c1nnnn1-c1ccc(Cl)cc1Cl. The van der Waals surface area contributed by atoms with Gasteiger partial charge in [0.05, 0.1) is 10.7 Å². The van der Waals surface area contributed by atoms with Gasteiger partial charge in [-0.25, -0.2) is 4.79 Å². The van der Waals surface area contributed by atoms with E-state index in [1.165, 1.54) is 10.8 Å². The molecule has 0 saturated carbocycles. The summed E-state index contributed by atoms with van der Waals surface area (Å²) < 4.78 is 1.32. The van der Waals surface area contributed by atoms with E-state index in [-0.39, 0.29) is 5.82 Å². The maximum atomic E-state index is 10.4. The van der Waals surface area contributed by atoms with Crippen LogP contribution in [0.4, 0.5) is 0 Å². The molecule has 92 valence electrons. The van der Waals surface area contributed by atoms with Gasteiger partial charge in [-0.1, -0.05) is 23.2 Å². The van der Waals surface area contributed by atoms with E-state index in [2.05, 4.69) is 15.5 Å². The first-order valence-corrected chi connectivity index (χ1v) is 5.48.